The van der Waals surface area contributed by atoms with Crippen LogP contribution >= 0.6 is 0 Å². The molecule has 2 N–H and O–H groups in total. The molecule has 2 saturated carbocycles. The number of likely N-dealkylation sites (tertiary alicyclic amines) is 3. The van der Waals surface area contributed by atoms with Crippen LogP contribution in [0.3, 0.4) is 0 Å². The average Bonchev–Trinajstić information content (AvgIpc) is 3.38. The summed E-state index contributed by atoms with van der Waals surface area (Å²) < 4.78 is 6.38. The average molecular weight is 639 g/mol. The first-order chi connectivity index (χ1) is 21.9. The lowest BCUT2D eigenvalue weighted by Crippen LogP contribution is -2.65. The number of nitrogens with zero attached hydrogens (tertiary/aromatic N) is 4. The van der Waals surface area contributed by atoms with Crippen LogP contribution in [0.2, 0.25) is 0 Å². The minimum atomic E-state index is -0.825. The van der Waals surface area contributed by atoms with E-state index in [4.69, 9.17) is 4.74 Å². The third-order valence-electron chi connectivity index (χ3n) is 11.7. The molecule has 4 heterocycles. The maximum absolute atomic E-state index is 14.4. The van der Waals surface area contributed by atoms with E-state index < -0.39 is 23.5 Å². The van der Waals surface area contributed by atoms with Crippen LogP contribution in [-0.4, -0.2) is 107 Å². The molecule has 0 radical (unpaired) electrons. The van der Waals surface area contributed by atoms with Gasteiger partial charge in [-0.3, -0.25) is 24.3 Å². The zero-order valence-corrected chi connectivity index (χ0v) is 28.4. The van der Waals surface area contributed by atoms with E-state index in [2.05, 4.69) is 43.2 Å². The van der Waals surface area contributed by atoms with Crippen molar-refractivity contribution in [2.75, 3.05) is 45.9 Å². The van der Waals surface area contributed by atoms with Crippen molar-refractivity contribution < 1.29 is 23.9 Å². The molecule has 11 heteroatoms. The molecule has 1 aromatic heterocycles. The van der Waals surface area contributed by atoms with Gasteiger partial charge in [-0.1, -0.05) is 47.0 Å². The number of rotatable bonds is 9. The number of nitrogens with one attached hydrogen (secondary N) is 2. The van der Waals surface area contributed by atoms with Gasteiger partial charge in [0.15, 0.2) is 0 Å². The predicted molar refractivity (Wildman–Crippen MR) is 172 cm³/mol. The van der Waals surface area contributed by atoms with E-state index in [9.17, 15) is 19.2 Å². The molecule has 3 aliphatic heterocycles. The van der Waals surface area contributed by atoms with Crippen LogP contribution in [0.25, 0.3) is 0 Å². The topological polar surface area (TPSA) is 128 Å². The number of piperidine rings is 1. The Kier molecular flexibility index (Phi) is 9.26. The van der Waals surface area contributed by atoms with Crippen molar-refractivity contribution in [1.82, 2.24) is 30.2 Å². The van der Waals surface area contributed by atoms with Gasteiger partial charge >= 0.3 is 0 Å². The lowest BCUT2D eigenvalue weighted by molar-refractivity contribution is -0.153. The van der Waals surface area contributed by atoms with Crippen LogP contribution in [-0.2, 0) is 19.1 Å². The number of aromatic amines is 1. The van der Waals surface area contributed by atoms with Gasteiger partial charge in [-0.2, -0.15) is 5.10 Å². The highest BCUT2D eigenvalue weighted by molar-refractivity contribution is 5.95. The van der Waals surface area contributed by atoms with Crippen molar-refractivity contribution in [1.29, 1.82) is 0 Å². The molecule has 1 spiro atoms. The smallest absolute Gasteiger partial charge is 0.257 e. The van der Waals surface area contributed by atoms with Crippen LogP contribution in [0.5, 0.6) is 0 Å². The fraction of sp³-hybridized carbons (Fsp3) is 0.800. The van der Waals surface area contributed by atoms with Crippen molar-refractivity contribution in [2.24, 2.45) is 40.4 Å². The standard InChI is InChI=1S/C35H54N6O5/c1-22-11-23(2)16-39(15-22)33(45)29(24(3)46-18-25-9-7-6-8-10-25)38-30(42)28-17-40(31(43)26-13-36-37-14-26)19-35(28)20-41(21-35)32(44)27-12-34(27,4)5/h13-14,22-25,27-29H,6-12,15-21H2,1-5H3,(H,36,37)(H,38,42)/t22-,23+,24-,27-,28+,29+/m1/s1. The molecule has 3 saturated heterocycles. The summed E-state index contributed by atoms with van der Waals surface area (Å²) in [6.07, 6.45) is 10.5. The van der Waals surface area contributed by atoms with E-state index in [1.165, 1.54) is 25.5 Å². The largest absolute Gasteiger partial charge is 0.376 e. The molecule has 6 rings (SSSR count). The quantitative estimate of drug-likeness (QED) is 0.427. The van der Waals surface area contributed by atoms with Crippen molar-refractivity contribution in [3.8, 4) is 0 Å². The van der Waals surface area contributed by atoms with Gasteiger partial charge in [-0.25, -0.2) is 0 Å². The Morgan fingerprint density at radius 1 is 0.978 bits per heavy atom. The Morgan fingerprint density at radius 2 is 1.63 bits per heavy atom. The van der Waals surface area contributed by atoms with Gasteiger partial charge in [-0.15, -0.1) is 0 Å². The van der Waals surface area contributed by atoms with Crippen LogP contribution < -0.4 is 5.32 Å². The van der Waals surface area contributed by atoms with Gasteiger partial charge in [0.25, 0.3) is 5.91 Å². The number of hydrogen-bond donors (Lipinski definition) is 2. The Labute approximate surface area is 273 Å². The molecule has 46 heavy (non-hydrogen) atoms. The minimum Gasteiger partial charge on any atom is -0.376 e. The highest BCUT2D eigenvalue weighted by Crippen LogP contribution is 2.54. The maximum atomic E-state index is 14.4. The number of H-pyrrole nitrogens is 1. The Hall–Kier alpha value is -2.95. The Morgan fingerprint density at radius 3 is 2.24 bits per heavy atom. The van der Waals surface area contributed by atoms with Crippen molar-refractivity contribution in [3.05, 3.63) is 18.0 Å². The summed E-state index contributed by atoms with van der Waals surface area (Å²) in [5, 5.41) is 9.81. The highest BCUT2D eigenvalue weighted by atomic mass is 16.5. The second-order valence-corrected chi connectivity index (χ2v) is 16.2. The molecule has 4 amide bonds. The first kappa shape index (κ1) is 33.0. The molecular weight excluding hydrogens is 584 g/mol. The fourth-order valence-corrected chi connectivity index (χ4v) is 8.75. The first-order valence-corrected chi connectivity index (χ1v) is 17.6. The van der Waals surface area contributed by atoms with Gasteiger partial charge < -0.3 is 24.8 Å². The zero-order chi connectivity index (χ0) is 32.8. The third kappa shape index (κ3) is 6.71. The number of carbonyl (C=O) groups is 4. The van der Waals surface area contributed by atoms with Gasteiger partial charge in [0.2, 0.25) is 17.7 Å². The SMILES string of the molecule is C[C@@H]1C[C@H](C)CN(C(=O)[C@@H](NC(=O)[C@@H]2CN(C(=O)c3cn[nH]c3)CC23CN(C(=O)[C@H]2CC2(C)C)C3)[C@@H](C)OCC2CCCCC2)C1. The summed E-state index contributed by atoms with van der Waals surface area (Å²) in [5.74, 6) is 0.323. The van der Waals surface area contributed by atoms with Crippen LogP contribution in [0.1, 0.15) is 89.9 Å². The van der Waals surface area contributed by atoms with Crippen LogP contribution in [0, 0.1) is 40.4 Å². The number of carbonyl (C=O) groups excluding carboxylic acids is 4. The van der Waals surface area contributed by atoms with E-state index in [0.717, 1.165) is 25.7 Å². The lowest BCUT2D eigenvalue weighted by Gasteiger charge is -2.50. The molecule has 1 aromatic rings. The summed E-state index contributed by atoms with van der Waals surface area (Å²) in [6.45, 7) is 13.9. The monoisotopic (exact) mass is 638 g/mol. The summed E-state index contributed by atoms with van der Waals surface area (Å²) in [4.78, 5) is 60.8. The number of ether oxygens (including phenoxy) is 1. The van der Waals surface area contributed by atoms with E-state index in [1.807, 2.05) is 16.7 Å². The Bertz CT molecular complexity index is 1280. The minimum absolute atomic E-state index is 0.0143. The maximum Gasteiger partial charge on any atom is 0.257 e. The lowest BCUT2D eigenvalue weighted by atomic mass is 9.70. The van der Waals surface area contributed by atoms with Crippen molar-refractivity contribution >= 4 is 23.6 Å². The van der Waals surface area contributed by atoms with E-state index in [1.54, 1.807) is 11.1 Å². The third-order valence-corrected chi connectivity index (χ3v) is 11.7. The van der Waals surface area contributed by atoms with Crippen molar-refractivity contribution in [3.63, 3.8) is 0 Å². The number of aromatic nitrogens is 2. The molecule has 0 bridgehead atoms. The molecule has 5 aliphatic rings. The molecular formula is C35H54N6O5. The van der Waals surface area contributed by atoms with E-state index in [0.29, 0.717) is 62.6 Å². The summed E-state index contributed by atoms with van der Waals surface area (Å²) in [7, 11) is 0. The normalized spacial score (nSPS) is 30.1. The predicted octanol–water partition coefficient (Wildman–Crippen LogP) is 3.33. The fourth-order valence-electron chi connectivity index (χ4n) is 8.75. The molecule has 0 unspecified atom stereocenters. The van der Waals surface area contributed by atoms with E-state index >= 15 is 0 Å². The second kappa shape index (κ2) is 12.9. The molecule has 6 atom stereocenters. The molecule has 2 aliphatic carbocycles. The molecule has 254 valence electrons. The second-order valence-electron chi connectivity index (χ2n) is 16.2. The summed E-state index contributed by atoms with van der Waals surface area (Å²) >= 11 is 0. The van der Waals surface area contributed by atoms with Crippen molar-refractivity contribution in [2.45, 2.75) is 91.7 Å². The summed E-state index contributed by atoms with van der Waals surface area (Å²) in [6, 6.07) is -0.825. The Balaban J connectivity index is 1.20. The highest BCUT2D eigenvalue weighted by Gasteiger charge is 2.62. The zero-order valence-electron chi connectivity index (χ0n) is 28.4. The molecule has 11 nitrogen and oxygen atoms in total. The summed E-state index contributed by atoms with van der Waals surface area (Å²) in [5.41, 5.74) is -0.110. The van der Waals surface area contributed by atoms with Crippen LogP contribution in [0.4, 0.5) is 0 Å². The number of hydrogen-bond acceptors (Lipinski definition) is 6. The van der Waals surface area contributed by atoms with Gasteiger partial charge in [-0.05, 0) is 55.8 Å². The van der Waals surface area contributed by atoms with Gasteiger partial charge in [0.1, 0.15) is 6.04 Å². The van der Waals surface area contributed by atoms with Gasteiger partial charge in [0.05, 0.1) is 23.8 Å². The number of amides is 4. The van der Waals surface area contributed by atoms with Gasteiger partial charge in [0, 0.05) is 63.4 Å². The van der Waals surface area contributed by atoms with E-state index in [-0.39, 0.29) is 41.5 Å². The molecule has 5 fully saturated rings. The molecule has 0 aromatic carbocycles. The first-order valence-electron chi connectivity index (χ1n) is 17.6. The van der Waals surface area contributed by atoms with Crippen LogP contribution in [0.15, 0.2) is 12.4 Å².